The fourth-order valence-corrected chi connectivity index (χ4v) is 3.69. The normalized spacial score (nSPS) is 21.2. The van der Waals surface area contributed by atoms with Crippen LogP contribution in [0.2, 0.25) is 0 Å². The van der Waals surface area contributed by atoms with E-state index in [1.54, 1.807) is 7.05 Å². The van der Waals surface area contributed by atoms with Crippen molar-refractivity contribution in [2.75, 3.05) is 13.7 Å². The van der Waals surface area contributed by atoms with Gasteiger partial charge in [0, 0.05) is 6.92 Å². The molecule has 0 radical (unpaired) electrons. The first-order valence-corrected chi connectivity index (χ1v) is 10.6. The van der Waals surface area contributed by atoms with Crippen molar-refractivity contribution in [3.05, 3.63) is 35.9 Å². The fourth-order valence-electron chi connectivity index (χ4n) is 3.69. The van der Waals surface area contributed by atoms with Gasteiger partial charge in [0.2, 0.25) is 5.91 Å². The van der Waals surface area contributed by atoms with E-state index >= 15 is 0 Å². The monoisotopic (exact) mass is 451 g/mol. The maximum Gasteiger partial charge on any atom is 0.302 e. The predicted molar refractivity (Wildman–Crippen MR) is 114 cm³/mol. The summed E-state index contributed by atoms with van der Waals surface area (Å²) in [4.78, 5) is 37.1. The zero-order valence-corrected chi connectivity index (χ0v) is 18.8. The number of rotatable bonds is 12. The molecule has 1 aliphatic rings. The van der Waals surface area contributed by atoms with Crippen LogP contribution < -0.4 is 16.1 Å². The molecule has 32 heavy (non-hydrogen) atoms. The number of nitrogens with one attached hydrogen (secondary N) is 3. The maximum atomic E-state index is 13.4. The van der Waals surface area contributed by atoms with Gasteiger partial charge in [-0.2, -0.15) is 0 Å². The molecule has 10 heteroatoms. The second-order valence-corrected chi connectivity index (χ2v) is 8.44. The van der Waals surface area contributed by atoms with Crippen LogP contribution in [0, 0.1) is 11.8 Å². The summed E-state index contributed by atoms with van der Waals surface area (Å²) in [5.41, 5.74) is -0.0935. The molecule has 1 saturated heterocycles. The van der Waals surface area contributed by atoms with Crippen LogP contribution in [0.1, 0.15) is 32.8 Å². The van der Waals surface area contributed by atoms with Crippen molar-refractivity contribution in [1.82, 2.24) is 16.1 Å². The quantitative estimate of drug-likeness (QED) is 0.130. The average molecular weight is 452 g/mol. The van der Waals surface area contributed by atoms with Crippen LogP contribution >= 0.6 is 0 Å². The summed E-state index contributed by atoms with van der Waals surface area (Å²) >= 11 is 0. The maximum absolute atomic E-state index is 13.4. The van der Waals surface area contributed by atoms with E-state index < -0.39 is 42.0 Å². The second-order valence-electron chi connectivity index (χ2n) is 8.44. The Balaban J connectivity index is 2.29. The second kappa shape index (κ2) is 11.4. The van der Waals surface area contributed by atoms with Crippen molar-refractivity contribution in [1.29, 1.82) is 0 Å². The highest BCUT2D eigenvalue weighted by atomic mass is 16.6. The Morgan fingerprint density at radius 2 is 1.88 bits per heavy atom. The van der Waals surface area contributed by atoms with E-state index in [2.05, 4.69) is 10.6 Å². The van der Waals surface area contributed by atoms with E-state index in [1.807, 2.05) is 44.2 Å². The first kappa shape index (κ1) is 25.7. The van der Waals surface area contributed by atoms with Crippen molar-refractivity contribution >= 4 is 17.8 Å². The van der Waals surface area contributed by atoms with Gasteiger partial charge in [0.15, 0.2) is 5.60 Å². The minimum absolute atomic E-state index is 0.0871. The Morgan fingerprint density at radius 3 is 2.38 bits per heavy atom. The summed E-state index contributed by atoms with van der Waals surface area (Å²) in [6.45, 7) is 3.99. The lowest BCUT2D eigenvalue weighted by molar-refractivity contribution is -0.174. The molecule has 1 heterocycles. The van der Waals surface area contributed by atoms with Crippen molar-refractivity contribution in [3.8, 4) is 0 Å². The smallest absolute Gasteiger partial charge is 0.302 e. The molecule has 2 unspecified atom stereocenters. The summed E-state index contributed by atoms with van der Waals surface area (Å²) in [6.07, 6.45) is 0.0550. The third-order valence-corrected chi connectivity index (χ3v) is 5.42. The Labute approximate surface area is 187 Å². The standard InChI is InChI=1S/C22H33N3O7/c1-13(2)10-16(22(29,21(28)25-30)12-31-14(3)26)19(27)24-17(18-20(23-4)32-18)11-15-8-6-5-7-9-15/h5-9,13,16-18,20,23,29-30H,10-12H2,1-4H3,(H,24,27)(H,25,28)/t16-,17-,18?,20?,22+/m0/s1. The lowest BCUT2D eigenvalue weighted by atomic mass is 9.80. The Hall–Kier alpha value is -2.53. The van der Waals surface area contributed by atoms with E-state index in [1.165, 1.54) is 5.48 Å². The predicted octanol–water partition coefficient (Wildman–Crippen LogP) is 0.120. The molecule has 1 aromatic rings. The zero-order chi connectivity index (χ0) is 23.9. The average Bonchev–Trinajstić information content (AvgIpc) is 3.55. The van der Waals surface area contributed by atoms with Crippen molar-refractivity contribution in [2.45, 2.75) is 57.6 Å². The molecular formula is C22H33N3O7. The van der Waals surface area contributed by atoms with Gasteiger partial charge in [-0.1, -0.05) is 44.2 Å². The number of aliphatic hydroxyl groups is 1. The van der Waals surface area contributed by atoms with Crippen LogP contribution in [0.5, 0.6) is 0 Å². The van der Waals surface area contributed by atoms with Gasteiger partial charge in [-0.05, 0) is 31.4 Å². The molecular weight excluding hydrogens is 418 g/mol. The highest BCUT2D eigenvalue weighted by Gasteiger charge is 2.51. The topological polar surface area (TPSA) is 150 Å². The van der Waals surface area contributed by atoms with Crippen LogP contribution in [0.25, 0.3) is 0 Å². The van der Waals surface area contributed by atoms with Crippen molar-refractivity contribution < 1.29 is 34.2 Å². The summed E-state index contributed by atoms with van der Waals surface area (Å²) in [7, 11) is 1.75. The Kier molecular flexibility index (Phi) is 9.14. The van der Waals surface area contributed by atoms with E-state index in [0.717, 1.165) is 12.5 Å². The third kappa shape index (κ3) is 6.73. The van der Waals surface area contributed by atoms with Crippen LogP contribution in [0.4, 0.5) is 0 Å². The number of hydrogen-bond donors (Lipinski definition) is 5. The van der Waals surface area contributed by atoms with Crippen LogP contribution in [0.15, 0.2) is 30.3 Å². The number of amides is 2. The Morgan fingerprint density at radius 1 is 1.22 bits per heavy atom. The van der Waals surface area contributed by atoms with E-state index in [9.17, 15) is 24.7 Å². The number of hydroxylamine groups is 1. The number of esters is 1. The zero-order valence-electron chi connectivity index (χ0n) is 18.8. The molecule has 5 N–H and O–H groups in total. The summed E-state index contributed by atoms with van der Waals surface area (Å²) in [5.74, 6) is -3.95. The molecule has 2 rings (SSSR count). The lowest BCUT2D eigenvalue weighted by Crippen LogP contribution is -2.60. The van der Waals surface area contributed by atoms with E-state index in [0.29, 0.717) is 6.42 Å². The van der Waals surface area contributed by atoms with E-state index in [4.69, 9.17) is 9.47 Å². The molecule has 0 spiro atoms. The summed E-state index contributed by atoms with van der Waals surface area (Å²) in [6, 6.07) is 9.09. The molecule has 0 bridgehead atoms. The number of carbonyl (C=O) groups excluding carboxylic acids is 3. The minimum atomic E-state index is -2.46. The van der Waals surface area contributed by atoms with Gasteiger partial charge in [0.25, 0.3) is 5.91 Å². The molecule has 2 amide bonds. The molecule has 0 aromatic heterocycles. The molecule has 1 aromatic carbocycles. The number of ether oxygens (including phenoxy) is 2. The molecule has 178 valence electrons. The molecule has 1 fully saturated rings. The van der Waals surface area contributed by atoms with Gasteiger partial charge in [-0.3, -0.25) is 24.9 Å². The fraction of sp³-hybridized carbons (Fsp3) is 0.591. The molecule has 5 atom stereocenters. The first-order valence-electron chi connectivity index (χ1n) is 10.6. The minimum Gasteiger partial charge on any atom is -0.462 e. The van der Waals surface area contributed by atoms with Gasteiger partial charge >= 0.3 is 5.97 Å². The first-order chi connectivity index (χ1) is 15.1. The molecule has 0 aliphatic carbocycles. The van der Waals surface area contributed by atoms with Gasteiger partial charge in [-0.15, -0.1) is 0 Å². The lowest BCUT2D eigenvalue weighted by Gasteiger charge is -2.34. The largest absolute Gasteiger partial charge is 0.462 e. The van der Waals surface area contributed by atoms with Gasteiger partial charge in [0.05, 0.1) is 12.0 Å². The summed E-state index contributed by atoms with van der Waals surface area (Å²) in [5, 5.41) is 26.2. The number of carbonyl (C=O) groups is 3. The van der Waals surface area contributed by atoms with Gasteiger partial charge < -0.3 is 19.9 Å². The SMILES string of the molecule is CNC1OC1[C@H](Cc1ccccc1)NC(=O)[C@H](CC(C)C)[C@](O)(COC(C)=O)C(=O)NO. The van der Waals surface area contributed by atoms with Gasteiger partial charge in [-0.25, -0.2) is 5.48 Å². The molecule has 1 aliphatic heterocycles. The number of likely N-dealkylation sites (N-methyl/N-ethyl adjacent to an activating group) is 1. The number of epoxide rings is 1. The highest BCUT2D eigenvalue weighted by Crippen LogP contribution is 2.29. The summed E-state index contributed by atoms with van der Waals surface area (Å²) < 4.78 is 10.5. The van der Waals surface area contributed by atoms with Crippen LogP contribution in [-0.4, -0.2) is 65.7 Å². The van der Waals surface area contributed by atoms with Crippen molar-refractivity contribution in [2.24, 2.45) is 11.8 Å². The third-order valence-electron chi connectivity index (χ3n) is 5.42. The van der Waals surface area contributed by atoms with Crippen LogP contribution in [0.3, 0.4) is 0 Å². The highest BCUT2D eigenvalue weighted by molar-refractivity contribution is 5.92. The Bertz CT molecular complexity index is 789. The van der Waals surface area contributed by atoms with Crippen molar-refractivity contribution in [3.63, 3.8) is 0 Å². The van der Waals surface area contributed by atoms with Crippen LogP contribution in [-0.2, 0) is 30.3 Å². The molecule has 0 saturated carbocycles. The molecule has 10 nitrogen and oxygen atoms in total. The van der Waals surface area contributed by atoms with E-state index in [-0.39, 0.29) is 24.7 Å². The van der Waals surface area contributed by atoms with Gasteiger partial charge in [0.1, 0.15) is 18.9 Å². The number of benzene rings is 1. The number of hydrogen-bond acceptors (Lipinski definition) is 8.